The molecule has 0 saturated heterocycles. The highest BCUT2D eigenvalue weighted by molar-refractivity contribution is 7.13. The lowest BCUT2D eigenvalue weighted by molar-refractivity contribution is -0.123. The van der Waals surface area contributed by atoms with E-state index in [1.807, 2.05) is 54.8 Å². The van der Waals surface area contributed by atoms with Gasteiger partial charge in [-0.15, -0.1) is 11.3 Å². The van der Waals surface area contributed by atoms with Crippen LogP contribution in [-0.2, 0) is 9.53 Å². The van der Waals surface area contributed by atoms with Crippen molar-refractivity contribution in [1.82, 2.24) is 14.8 Å². The molecule has 5 aromatic rings. The van der Waals surface area contributed by atoms with Crippen LogP contribution in [0.1, 0.15) is 40.3 Å². The van der Waals surface area contributed by atoms with Crippen LogP contribution in [0.3, 0.4) is 0 Å². The highest BCUT2D eigenvalue weighted by Gasteiger charge is 2.25. The van der Waals surface area contributed by atoms with Crippen molar-refractivity contribution >= 4 is 45.7 Å². The minimum absolute atomic E-state index is 0.116. The van der Waals surface area contributed by atoms with E-state index in [1.54, 1.807) is 35.0 Å². The number of anilines is 1. The third-order valence-corrected chi connectivity index (χ3v) is 6.89. The molecule has 0 aliphatic carbocycles. The van der Waals surface area contributed by atoms with Crippen molar-refractivity contribution < 1.29 is 19.1 Å². The number of ether oxygens (including phenoxy) is 1. The number of nitrogens with one attached hydrogen (secondary N) is 1. The number of carbonyl (C=O) groups is 3. The highest BCUT2D eigenvalue weighted by Crippen LogP contribution is 2.31. The molecule has 0 spiro atoms. The van der Waals surface area contributed by atoms with Crippen LogP contribution in [-0.4, -0.2) is 38.5 Å². The van der Waals surface area contributed by atoms with Gasteiger partial charge in [0.25, 0.3) is 5.91 Å². The van der Waals surface area contributed by atoms with Crippen LogP contribution in [0.2, 0.25) is 0 Å². The lowest BCUT2D eigenvalue weighted by Gasteiger charge is -2.15. The largest absolute Gasteiger partial charge is 0.449 e. The van der Waals surface area contributed by atoms with Gasteiger partial charge in [0, 0.05) is 11.3 Å². The van der Waals surface area contributed by atoms with Gasteiger partial charge >= 0.3 is 5.97 Å². The first-order valence-corrected chi connectivity index (χ1v) is 12.8. The molecule has 1 N–H and O–H groups in total. The average Bonchev–Trinajstić information content (AvgIpc) is 3.57. The smallest absolute Gasteiger partial charge is 0.339 e. The van der Waals surface area contributed by atoms with E-state index in [0.29, 0.717) is 33.7 Å². The van der Waals surface area contributed by atoms with Crippen molar-refractivity contribution in [1.29, 1.82) is 0 Å². The number of esters is 1. The van der Waals surface area contributed by atoms with E-state index in [0.717, 1.165) is 10.6 Å². The summed E-state index contributed by atoms with van der Waals surface area (Å²) in [4.78, 5) is 43.7. The van der Waals surface area contributed by atoms with Crippen molar-refractivity contribution in [3.63, 3.8) is 0 Å². The number of hydrogen-bond acceptors (Lipinski definition) is 7. The third kappa shape index (κ3) is 4.96. The Bertz CT molecular complexity index is 1660. The van der Waals surface area contributed by atoms with E-state index < -0.39 is 18.0 Å². The molecule has 1 unspecified atom stereocenters. The van der Waals surface area contributed by atoms with Crippen LogP contribution in [0.15, 0.2) is 78.2 Å². The maximum absolute atomic E-state index is 13.5. The number of carbonyl (C=O) groups excluding carboxylic acids is 3. The Kier molecular flexibility index (Phi) is 6.85. The number of benzene rings is 2. The summed E-state index contributed by atoms with van der Waals surface area (Å²) < 4.78 is 7.32. The zero-order valence-electron chi connectivity index (χ0n) is 21.0. The van der Waals surface area contributed by atoms with E-state index >= 15 is 0 Å². The molecule has 3 heterocycles. The van der Waals surface area contributed by atoms with Gasteiger partial charge in [-0.2, -0.15) is 5.10 Å². The van der Waals surface area contributed by atoms with Gasteiger partial charge in [-0.3, -0.25) is 9.59 Å². The van der Waals surface area contributed by atoms with E-state index in [2.05, 4.69) is 10.4 Å². The van der Waals surface area contributed by atoms with Crippen LogP contribution in [0.25, 0.3) is 27.3 Å². The highest BCUT2D eigenvalue weighted by atomic mass is 32.1. The predicted octanol–water partition coefficient (Wildman–Crippen LogP) is 5.84. The molecule has 0 fully saturated rings. The van der Waals surface area contributed by atoms with Crippen molar-refractivity contribution in [3.8, 4) is 16.3 Å². The van der Waals surface area contributed by atoms with Gasteiger partial charge in [0.05, 0.1) is 32.9 Å². The van der Waals surface area contributed by atoms with Crippen molar-refractivity contribution in [3.05, 3.63) is 95.0 Å². The number of Topliss-reactive ketones (excluding diaryl/α,β-unsaturated/α-hetero) is 1. The monoisotopic (exact) mass is 524 g/mol. The zero-order valence-corrected chi connectivity index (χ0v) is 21.8. The Balaban J connectivity index is 1.49. The van der Waals surface area contributed by atoms with Gasteiger partial charge in [0.2, 0.25) is 0 Å². The van der Waals surface area contributed by atoms with E-state index in [4.69, 9.17) is 9.72 Å². The Hall–Kier alpha value is -4.63. The Morgan fingerprint density at radius 2 is 1.79 bits per heavy atom. The number of fused-ring (bicyclic) bond motifs is 1. The molecule has 8 nitrogen and oxygen atoms in total. The number of aryl methyl sites for hydroxylation is 1. The molecule has 9 heteroatoms. The lowest BCUT2D eigenvalue weighted by atomic mass is 10.1. The van der Waals surface area contributed by atoms with Crippen LogP contribution in [0.5, 0.6) is 0 Å². The fourth-order valence-electron chi connectivity index (χ4n) is 4.09. The van der Waals surface area contributed by atoms with Crippen LogP contribution >= 0.6 is 11.3 Å². The van der Waals surface area contributed by atoms with Gasteiger partial charge in [0.1, 0.15) is 0 Å². The van der Waals surface area contributed by atoms with E-state index in [1.165, 1.54) is 25.2 Å². The first-order chi connectivity index (χ1) is 18.3. The Labute approximate surface area is 222 Å². The summed E-state index contributed by atoms with van der Waals surface area (Å²) in [6.07, 6.45) is -1.10. The molecule has 3 aromatic heterocycles. The second-order valence-electron chi connectivity index (χ2n) is 8.74. The van der Waals surface area contributed by atoms with Crippen LogP contribution < -0.4 is 5.32 Å². The summed E-state index contributed by atoms with van der Waals surface area (Å²) in [5, 5.41) is 9.86. The number of pyridine rings is 1. The number of para-hydroxylation sites is 1. The summed E-state index contributed by atoms with van der Waals surface area (Å²) >= 11 is 1.50. The number of nitrogens with zero attached hydrogens (tertiary/aromatic N) is 3. The molecule has 0 bridgehead atoms. The number of thiophene rings is 1. The van der Waals surface area contributed by atoms with Gasteiger partial charge in [-0.1, -0.05) is 36.4 Å². The normalized spacial score (nSPS) is 11.8. The quantitative estimate of drug-likeness (QED) is 0.212. The number of rotatable bonds is 7. The maximum Gasteiger partial charge on any atom is 0.339 e. The molecule has 0 saturated carbocycles. The molecule has 0 radical (unpaired) electrons. The van der Waals surface area contributed by atoms with Gasteiger partial charge in [-0.05, 0) is 62.5 Å². The molecule has 38 heavy (non-hydrogen) atoms. The summed E-state index contributed by atoms with van der Waals surface area (Å²) in [5.74, 6) is -1.29. The second kappa shape index (κ2) is 10.4. The molecule has 2 aromatic carbocycles. The van der Waals surface area contributed by atoms with Gasteiger partial charge in [0.15, 0.2) is 17.5 Å². The molecular formula is C29H24N4O4S. The van der Waals surface area contributed by atoms with Crippen LogP contribution in [0, 0.1) is 6.92 Å². The molecule has 190 valence electrons. The fraction of sp³-hybridized carbons (Fsp3) is 0.138. The summed E-state index contributed by atoms with van der Waals surface area (Å²) in [5.41, 5.74) is 3.73. The Morgan fingerprint density at radius 3 is 2.50 bits per heavy atom. The van der Waals surface area contributed by atoms with Gasteiger partial charge in [-0.25, -0.2) is 14.5 Å². The van der Waals surface area contributed by atoms with Crippen molar-refractivity contribution in [2.45, 2.75) is 26.9 Å². The standard InChI is InChI=1S/C29H24N4O4S/c1-17-26-23(29(36)37-19(3)28(35)30-21-10-7-9-20(15-21)18(2)34)16-24(25-13-8-14-38-25)31-27(26)33(32-17)22-11-5-4-6-12-22/h4-16,19H,1-3H3,(H,30,35). The van der Waals surface area contributed by atoms with Gasteiger partial charge < -0.3 is 10.1 Å². The summed E-state index contributed by atoms with van der Waals surface area (Å²) in [6.45, 7) is 4.76. The number of ketones is 1. The molecule has 1 atom stereocenters. The van der Waals surface area contributed by atoms with E-state index in [-0.39, 0.29) is 11.3 Å². The zero-order chi connectivity index (χ0) is 26.8. The fourth-order valence-corrected chi connectivity index (χ4v) is 4.77. The number of hydrogen-bond donors (Lipinski definition) is 1. The SMILES string of the molecule is CC(=O)c1cccc(NC(=O)C(C)OC(=O)c2cc(-c3cccs3)nc3c2c(C)nn3-c2ccccc2)c1. The van der Waals surface area contributed by atoms with Crippen molar-refractivity contribution in [2.75, 3.05) is 5.32 Å². The van der Waals surface area contributed by atoms with Crippen molar-refractivity contribution in [2.24, 2.45) is 0 Å². The molecular weight excluding hydrogens is 500 g/mol. The lowest BCUT2D eigenvalue weighted by Crippen LogP contribution is -2.30. The number of amides is 1. The average molecular weight is 525 g/mol. The second-order valence-corrected chi connectivity index (χ2v) is 9.69. The first kappa shape index (κ1) is 25.0. The molecule has 1 amide bonds. The topological polar surface area (TPSA) is 103 Å². The maximum atomic E-state index is 13.5. The minimum Gasteiger partial charge on any atom is -0.449 e. The molecule has 0 aliphatic heterocycles. The third-order valence-electron chi connectivity index (χ3n) is 6.00. The number of aromatic nitrogens is 3. The Morgan fingerprint density at radius 1 is 1.00 bits per heavy atom. The molecule has 0 aliphatic rings. The predicted molar refractivity (Wildman–Crippen MR) is 147 cm³/mol. The summed E-state index contributed by atoms with van der Waals surface area (Å²) in [6, 6.07) is 21.7. The van der Waals surface area contributed by atoms with E-state index in [9.17, 15) is 14.4 Å². The minimum atomic E-state index is -1.10. The summed E-state index contributed by atoms with van der Waals surface area (Å²) in [7, 11) is 0. The first-order valence-electron chi connectivity index (χ1n) is 11.9. The molecule has 5 rings (SSSR count). The van der Waals surface area contributed by atoms with Crippen LogP contribution in [0.4, 0.5) is 5.69 Å².